The van der Waals surface area contributed by atoms with Crippen LogP contribution in [0.5, 0.6) is 0 Å². The molecule has 0 saturated heterocycles. The summed E-state index contributed by atoms with van der Waals surface area (Å²) in [6, 6.07) is 7.38. The number of unbranched alkanes of at least 4 members (excludes halogenated alkanes) is 1. The summed E-state index contributed by atoms with van der Waals surface area (Å²) in [5.74, 6) is 0. The number of aromatic nitrogens is 3. The van der Waals surface area contributed by atoms with E-state index in [-0.39, 0.29) is 17.8 Å². The topological polar surface area (TPSA) is 140 Å². The molecule has 1 aromatic carbocycles. The fraction of sp³-hybridized carbons (Fsp3) is 0.450. The lowest BCUT2D eigenvalue weighted by Gasteiger charge is -2.25. The molecule has 3 rings (SSSR count). The van der Waals surface area contributed by atoms with Crippen LogP contribution in [0.1, 0.15) is 25.0 Å². The number of nitrogens with zero attached hydrogens (tertiary/aromatic N) is 5. The van der Waals surface area contributed by atoms with Gasteiger partial charge in [0.05, 0.1) is 22.8 Å². The Balaban J connectivity index is 2.02. The Labute approximate surface area is 179 Å². The van der Waals surface area contributed by atoms with E-state index in [4.69, 9.17) is 14.5 Å². The third-order valence-electron chi connectivity index (χ3n) is 4.77. The molecule has 166 valence electrons. The van der Waals surface area contributed by atoms with E-state index < -0.39 is 4.92 Å². The summed E-state index contributed by atoms with van der Waals surface area (Å²) >= 11 is 0. The molecular formula is C20H26N6O5. The molecule has 0 saturated carbocycles. The number of anilines is 2. The Morgan fingerprint density at radius 1 is 1.26 bits per heavy atom. The quantitative estimate of drug-likeness (QED) is 0.236. The number of nitro groups is 1. The van der Waals surface area contributed by atoms with Gasteiger partial charge in [0.15, 0.2) is 5.52 Å². The minimum Gasteiger partial charge on any atom is -0.396 e. The number of nitro benzene ring substituents is 1. The maximum Gasteiger partial charge on any atom is 0.323 e. The number of hydrogen-bond acceptors (Lipinski definition) is 10. The van der Waals surface area contributed by atoms with Crippen LogP contribution in [0.15, 0.2) is 35.1 Å². The predicted molar refractivity (Wildman–Crippen MR) is 115 cm³/mol. The van der Waals surface area contributed by atoms with Gasteiger partial charge in [0.2, 0.25) is 5.52 Å². The molecule has 0 atom stereocenters. The van der Waals surface area contributed by atoms with Crippen LogP contribution >= 0.6 is 0 Å². The molecule has 0 bridgehead atoms. The first-order valence-electron chi connectivity index (χ1n) is 10.1. The summed E-state index contributed by atoms with van der Waals surface area (Å²) in [6.07, 6.45) is 3.89. The van der Waals surface area contributed by atoms with Crippen molar-refractivity contribution >= 4 is 28.1 Å². The highest BCUT2D eigenvalue weighted by atomic mass is 16.6. The van der Waals surface area contributed by atoms with E-state index in [1.807, 2.05) is 18.2 Å². The Kier molecular flexibility index (Phi) is 8.07. The Hall–Kier alpha value is -3.31. The van der Waals surface area contributed by atoms with Gasteiger partial charge in [0.1, 0.15) is 5.69 Å². The van der Waals surface area contributed by atoms with Gasteiger partial charge in [-0.1, -0.05) is 6.07 Å². The Morgan fingerprint density at radius 3 is 2.81 bits per heavy atom. The molecule has 0 radical (unpaired) electrons. The summed E-state index contributed by atoms with van der Waals surface area (Å²) in [6.45, 7) is 2.15. The molecule has 2 aromatic heterocycles. The first-order chi connectivity index (χ1) is 15.2. The van der Waals surface area contributed by atoms with E-state index in [9.17, 15) is 10.1 Å². The van der Waals surface area contributed by atoms with Crippen LogP contribution in [0.2, 0.25) is 0 Å². The third kappa shape index (κ3) is 5.64. The molecule has 0 amide bonds. The zero-order valence-corrected chi connectivity index (χ0v) is 17.4. The highest BCUT2D eigenvalue weighted by Crippen LogP contribution is 2.39. The van der Waals surface area contributed by atoms with E-state index >= 15 is 0 Å². The van der Waals surface area contributed by atoms with Gasteiger partial charge in [-0.3, -0.25) is 15.1 Å². The van der Waals surface area contributed by atoms with Gasteiger partial charge < -0.3 is 20.1 Å². The van der Waals surface area contributed by atoms with Crippen molar-refractivity contribution in [2.45, 2.75) is 25.8 Å². The van der Waals surface area contributed by atoms with Crippen LogP contribution in [0, 0.1) is 10.1 Å². The van der Waals surface area contributed by atoms with Crippen molar-refractivity contribution in [3.8, 4) is 0 Å². The molecule has 0 unspecified atom stereocenters. The largest absolute Gasteiger partial charge is 0.396 e. The lowest BCUT2D eigenvalue weighted by Crippen LogP contribution is -2.25. The van der Waals surface area contributed by atoms with E-state index in [0.29, 0.717) is 49.6 Å². The lowest BCUT2D eigenvalue weighted by molar-refractivity contribution is -0.382. The molecule has 31 heavy (non-hydrogen) atoms. The molecule has 0 spiro atoms. The van der Waals surface area contributed by atoms with Crippen LogP contribution in [0.4, 0.5) is 17.1 Å². The first-order valence-corrected chi connectivity index (χ1v) is 10.1. The van der Waals surface area contributed by atoms with E-state index in [1.165, 1.54) is 0 Å². The van der Waals surface area contributed by atoms with Crippen LogP contribution in [-0.4, -0.2) is 58.7 Å². The average Bonchev–Trinajstić information content (AvgIpc) is 3.25. The van der Waals surface area contributed by atoms with Crippen molar-refractivity contribution < 1.29 is 19.4 Å². The highest BCUT2D eigenvalue weighted by molar-refractivity contribution is 5.99. The standard InChI is InChI=1S/C20H26N6O5/c1-30-12-5-4-10-25(14-15-7-2-3-8-21-15)17-13-16(22-9-6-11-27)20(26(28)29)19-18(17)23-31-24-19/h2-3,7-8,13,22,27H,4-6,9-12,14H2,1H3. The molecule has 11 heteroatoms. The van der Waals surface area contributed by atoms with Gasteiger partial charge in [-0.05, 0) is 47.8 Å². The van der Waals surface area contributed by atoms with Crippen molar-refractivity contribution in [3.05, 3.63) is 46.3 Å². The molecule has 3 aromatic rings. The van der Waals surface area contributed by atoms with Crippen LogP contribution < -0.4 is 10.2 Å². The molecule has 0 fully saturated rings. The van der Waals surface area contributed by atoms with Gasteiger partial charge in [0, 0.05) is 39.6 Å². The normalized spacial score (nSPS) is 11.0. The number of pyridine rings is 1. The zero-order chi connectivity index (χ0) is 22.1. The summed E-state index contributed by atoms with van der Waals surface area (Å²) in [4.78, 5) is 17.7. The first kappa shape index (κ1) is 22.4. The third-order valence-corrected chi connectivity index (χ3v) is 4.77. The molecule has 0 aliphatic carbocycles. The van der Waals surface area contributed by atoms with Gasteiger partial charge in [-0.2, -0.15) is 0 Å². The molecule has 2 heterocycles. The number of aliphatic hydroxyl groups excluding tert-OH is 1. The van der Waals surface area contributed by atoms with Crippen molar-refractivity contribution in [2.75, 3.05) is 43.6 Å². The van der Waals surface area contributed by atoms with Crippen LogP contribution in [-0.2, 0) is 11.3 Å². The number of aliphatic hydroxyl groups is 1. The summed E-state index contributed by atoms with van der Waals surface area (Å²) in [5, 5.41) is 31.6. The zero-order valence-electron chi connectivity index (χ0n) is 17.4. The van der Waals surface area contributed by atoms with Gasteiger partial charge >= 0.3 is 5.69 Å². The fourth-order valence-corrected chi connectivity index (χ4v) is 3.30. The van der Waals surface area contributed by atoms with E-state index in [2.05, 4.69) is 25.5 Å². The van der Waals surface area contributed by atoms with Gasteiger partial charge in [0.25, 0.3) is 0 Å². The number of hydrogen-bond donors (Lipinski definition) is 2. The predicted octanol–water partition coefficient (Wildman–Crippen LogP) is 2.75. The summed E-state index contributed by atoms with van der Waals surface area (Å²) in [7, 11) is 1.66. The van der Waals surface area contributed by atoms with Crippen molar-refractivity contribution in [3.63, 3.8) is 0 Å². The van der Waals surface area contributed by atoms with Crippen molar-refractivity contribution in [2.24, 2.45) is 0 Å². The summed E-state index contributed by atoms with van der Waals surface area (Å²) < 4.78 is 10.0. The fourth-order valence-electron chi connectivity index (χ4n) is 3.30. The highest BCUT2D eigenvalue weighted by Gasteiger charge is 2.27. The SMILES string of the molecule is COCCCCN(Cc1ccccn1)c1cc(NCCCO)c([N+](=O)[O-])c2nonc12. The second-order valence-electron chi connectivity index (χ2n) is 6.96. The molecular weight excluding hydrogens is 404 g/mol. The lowest BCUT2D eigenvalue weighted by atomic mass is 10.1. The number of nitrogens with one attached hydrogen (secondary N) is 1. The monoisotopic (exact) mass is 430 g/mol. The minimum atomic E-state index is -0.501. The molecule has 0 aliphatic heterocycles. The Bertz CT molecular complexity index is 981. The summed E-state index contributed by atoms with van der Waals surface area (Å²) in [5.41, 5.74) is 2.03. The smallest absolute Gasteiger partial charge is 0.323 e. The van der Waals surface area contributed by atoms with E-state index in [1.54, 1.807) is 19.4 Å². The average molecular weight is 430 g/mol. The maximum absolute atomic E-state index is 11.8. The minimum absolute atomic E-state index is 0.0211. The van der Waals surface area contributed by atoms with Gasteiger partial charge in [-0.25, -0.2) is 4.63 Å². The number of rotatable bonds is 13. The van der Waals surface area contributed by atoms with Crippen molar-refractivity contribution in [1.82, 2.24) is 15.3 Å². The molecule has 0 aliphatic rings. The van der Waals surface area contributed by atoms with Crippen LogP contribution in [0.25, 0.3) is 11.0 Å². The van der Waals surface area contributed by atoms with Crippen molar-refractivity contribution in [1.29, 1.82) is 0 Å². The number of fused-ring (bicyclic) bond motifs is 1. The molecule has 11 nitrogen and oxygen atoms in total. The number of ether oxygens (including phenoxy) is 1. The Morgan fingerprint density at radius 2 is 2.10 bits per heavy atom. The van der Waals surface area contributed by atoms with E-state index in [0.717, 1.165) is 18.5 Å². The number of benzene rings is 1. The molecule has 2 N–H and O–H groups in total. The van der Waals surface area contributed by atoms with Gasteiger partial charge in [-0.15, -0.1) is 0 Å². The van der Waals surface area contributed by atoms with Crippen LogP contribution in [0.3, 0.4) is 0 Å². The second kappa shape index (κ2) is 11.2. The maximum atomic E-state index is 11.8. The number of methoxy groups -OCH3 is 1. The second-order valence-corrected chi connectivity index (χ2v) is 6.96.